The lowest BCUT2D eigenvalue weighted by molar-refractivity contribution is -0.203. The molecule has 2 bridgehead atoms. The molecule has 11 rings (SSSR count). The average Bonchev–Trinajstić information content (AvgIpc) is 4.21. The molecule has 1 aliphatic carbocycles. The maximum atomic E-state index is 16.0. The van der Waals surface area contributed by atoms with Crippen molar-refractivity contribution in [3.8, 4) is 5.75 Å². The van der Waals surface area contributed by atoms with Crippen LogP contribution in [0.15, 0.2) is 79.0 Å². The molecule has 74 heavy (non-hydrogen) atoms. The van der Waals surface area contributed by atoms with E-state index in [2.05, 4.69) is 37.2 Å². The van der Waals surface area contributed by atoms with Gasteiger partial charge in [-0.05, 0) is 99.7 Å². The Bertz CT molecular complexity index is 3080. The lowest BCUT2D eigenvalue weighted by Gasteiger charge is -2.63. The third-order valence-electron chi connectivity index (χ3n) is 18.6. The van der Waals surface area contributed by atoms with Gasteiger partial charge in [-0.2, -0.15) is 0 Å². The molecule has 3 aromatic carbocycles. The zero-order valence-corrected chi connectivity index (χ0v) is 44.7. The van der Waals surface area contributed by atoms with Gasteiger partial charge < -0.3 is 54.0 Å². The van der Waals surface area contributed by atoms with Gasteiger partial charge in [-0.1, -0.05) is 62.4 Å². The summed E-state index contributed by atoms with van der Waals surface area (Å²) >= 11 is 0. The van der Waals surface area contributed by atoms with Gasteiger partial charge in [-0.25, -0.2) is 0 Å². The van der Waals surface area contributed by atoms with Crippen LogP contribution in [0, 0.1) is 11.3 Å². The molecule has 396 valence electrons. The molecule has 6 aliphatic rings. The summed E-state index contributed by atoms with van der Waals surface area (Å²) < 4.78 is 39.6. The van der Waals surface area contributed by atoms with Crippen molar-refractivity contribution in [3.05, 3.63) is 107 Å². The minimum Gasteiger partial charge on any atom is -0.496 e. The SMILES string of the molecule is CCOP(=O)(OCC)[C@H](Cc1c[nH]c2ccccc12)NC(=O)[C@@]1(O)[C@H](O)[C@]2(CC)C=CCN3CC[C@@]4(c5cc([C@@]6(C(=O)OC)C[C@@H]7CN(CCc8c6[nH]c6ccccc86)C[C@](O)(CC)C7)c(OC)cc5N(C)[C@@H]14)[C@@H]32. The summed E-state index contributed by atoms with van der Waals surface area (Å²) in [6, 6.07) is 18.4. The molecule has 11 atom stereocenters. The Morgan fingerprint density at radius 3 is 2.35 bits per heavy atom. The molecule has 17 heteroatoms. The zero-order chi connectivity index (χ0) is 52.2. The molecular formula is C57H73N6O10P. The number of hydrogen-bond donors (Lipinski definition) is 6. The first kappa shape index (κ1) is 51.1. The Kier molecular flexibility index (Phi) is 12.9. The average molecular weight is 1030 g/mol. The number of hydrogen-bond acceptors (Lipinski definition) is 13. The molecule has 6 N–H and O–H groups in total. The van der Waals surface area contributed by atoms with Crippen molar-refractivity contribution in [2.45, 2.75) is 119 Å². The van der Waals surface area contributed by atoms with Gasteiger partial charge in [0.05, 0.1) is 39.1 Å². The van der Waals surface area contributed by atoms with Crippen molar-refractivity contribution in [2.24, 2.45) is 11.3 Å². The summed E-state index contributed by atoms with van der Waals surface area (Å²) in [5.41, 5.74) is -0.894. The number of aliphatic hydroxyl groups is 3. The lowest BCUT2D eigenvalue weighted by Crippen LogP contribution is -2.82. The van der Waals surface area contributed by atoms with Crippen molar-refractivity contribution in [2.75, 3.05) is 72.1 Å². The summed E-state index contributed by atoms with van der Waals surface area (Å²) in [6.45, 7) is 10.6. The lowest BCUT2D eigenvalue weighted by atomic mass is 9.47. The van der Waals surface area contributed by atoms with Crippen LogP contribution in [0.2, 0.25) is 0 Å². The molecule has 3 fully saturated rings. The molecule has 2 saturated heterocycles. The number of ether oxygens (including phenoxy) is 2. The molecule has 2 aromatic heterocycles. The van der Waals surface area contributed by atoms with Gasteiger partial charge in [0, 0.05) is 108 Å². The first-order valence-corrected chi connectivity index (χ1v) is 28.3. The Balaban J connectivity index is 1.13. The minimum atomic E-state index is -4.15. The van der Waals surface area contributed by atoms with Gasteiger partial charge in [0.1, 0.15) is 23.1 Å². The maximum absolute atomic E-state index is 16.0. The Labute approximate surface area is 433 Å². The Hall–Kier alpha value is -5.03. The number of carbonyl (C=O) groups excluding carboxylic acids is 2. The standard InChI is InChI=1S/C57H73N6O10P/c1-8-53(67)30-35-31-56(52(66)71-7,47-39(21-25-62(33-35)34-53)38-18-13-15-20-43(38)59-47)41-28-40-44(29-45(41)70-6)61(5)49-55(40)23-26-63-24-16-22-54(9-2,48(55)63)50(64)57(49,68)51(65)60-46(74(69,72-10-3)73-11-4)27-36-32-58-42-19-14-12-17-37(36)42/h12-20,22,28-29,32,35,46,48-50,58-59,64,67-68H,8-11,21,23-27,30-31,33-34H2,1-7H3,(H,60,65)/t35-,46-,48+,49-,50-,53+,54-,55-,56+,57+/m1/s1. The molecule has 1 unspecified atom stereocenters. The van der Waals surface area contributed by atoms with Crippen molar-refractivity contribution in [1.29, 1.82) is 0 Å². The highest BCUT2D eigenvalue weighted by Crippen LogP contribution is 2.68. The van der Waals surface area contributed by atoms with Crippen LogP contribution in [0.3, 0.4) is 0 Å². The van der Waals surface area contributed by atoms with Crippen molar-refractivity contribution < 1.29 is 48.0 Å². The second-order valence-corrected chi connectivity index (χ2v) is 24.3. The van der Waals surface area contributed by atoms with Crippen molar-refractivity contribution >= 4 is 47.0 Å². The van der Waals surface area contributed by atoms with Crippen LogP contribution in [0.25, 0.3) is 21.8 Å². The smallest absolute Gasteiger partial charge is 0.353 e. The maximum Gasteiger partial charge on any atom is 0.353 e. The largest absolute Gasteiger partial charge is 0.496 e. The predicted molar refractivity (Wildman–Crippen MR) is 284 cm³/mol. The van der Waals surface area contributed by atoms with Gasteiger partial charge in [-0.15, -0.1) is 0 Å². The number of H-pyrrole nitrogens is 2. The number of aromatic nitrogens is 2. The topological polar surface area (TPSA) is 202 Å². The highest BCUT2D eigenvalue weighted by atomic mass is 31.2. The summed E-state index contributed by atoms with van der Waals surface area (Å²) in [6.07, 6.45) is 7.05. The number of nitrogens with zero attached hydrogens (tertiary/aromatic N) is 3. The zero-order valence-electron chi connectivity index (χ0n) is 43.8. The molecule has 16 nitrogen and oxygen atoms in total. The van der Waals surface area contributed by atoms with E-state index in [1.165, 1.54) is 7.11 Å². The molecular weight excluding hydrogens is 960 g/mol. The van der Waals surface area contributed by atoms with Gasteiger partial charge in [-0.3, -0.25) is 24.0 Å². The van der Waals surface area contributed by atoms with E-state index < -0.39 is 70.9 Å². The van der Waals surface area contributed by atoms with Crippen LogP contribution < -0.4 is 15.0 Å². The number of aliphatic hydroxyl groups excluding tert-OH is 1. The summed E-state index contributed by atoms with van der Waals surface area (Å²) in [4.78, 5) is 45.3. The number of para-hydroxylation sites is 2. The number of rotatable bonds is 14. The monoisotopic (exact) mass is 1030 g/mol. The molecule has 7 heterocycles. The number of likely N-dealkylation sites (N-methyl/N-ethyl adjacent to an activating group) is 1. The van der Waals surface area contributed by atoms with E-state index in [1.807, 2.05) is 92.7 Å². The van der Waals surface area contributed by atoms with E-state index in [4.69, 9.17) is 18.5 Å². The van der Waals surface area contributed by atoms with Crippen LogP contribution in [-0.2, 0) is 51.6 Å². The fourth-order valence-electron chi connectivity index (χ4n) is 15.6. The highest BCUT2D eigenvalue weighted by molar-refractivity contribution is 7.54. The number of carbonyl (C=O) groups is 2. The van der Waals surface area contributed by atoms with E-state index >= 15 is 14.2 Å². The minimum absolute atomic E-state index is 0.0284. The first-order valence-electron chi connectivity index (χ1n) is 26.7. The van der Waals surface area contributed by atoms with Crippen LogP contribution in [-0.4, -0.2) is 149 Å². The number of nitrogens with one attached hydrogen (secondary N) is 3. The molecule has 5 aromatic rings. The van der Waals surface area contributed by atoms with Gasteiger partial charge in [0.2, 0.25) is 0 Å². The normalized spacial score (nSPS) is 32.7. The van der Waals surface area contributed by atoms with E-state index in [9.17, 15) is 15.3 Å². The number of fused-ring (bicyclic) bond motifs is 7. The number of piperidine rings is 1. The summed E-state index contributed by atoms with van der Waals surface area (Å²) in [5.74, 6) is -2.36. The van der Waals surface area contributed by atoms with Crippen LogP contribution >= 0.6 is 7.60 Å². The molecule has 1 saturated carbocycles. The van der Waals surface area contributed by atoms with Crippen LogP contribution in [0.4, 0.5) is 5.69 Å². The van der Waals surface area contributed by atoms with E-state index in [0.29, 0.717) is 88.2 Å². The van der Waals surface area contributed by atoms with E-state index in [-0.39, 0.29) is 25.6 Å². The van der Waals surface area contributed by atoms with Gasteiger partial charge in [0.15, 0.2) is 5.60 Å². The number of methoxy groups -OCH3 is 2. The number of esters is 1. The van der Waals surface area contributed by atoms with Crippen molar-refractivity contribution in [1.82, 2.24) is 25.1 Å². The summed E-state index contributed by atoms with van der Waals surface area (Å²) in [7, 11) is 0.728. The number of anilines is 1. The molecule has 1 amide bonds. The second kappa shape index (κ2) is 18.6. The number of benzene rings is 3. The van der Waals surface area contributed by atoms with E-state index in [0.717, 1.165) is 44.2 Å². The number of amides is 1. The highest BCUT2D eigenvalue weighted by Gasteiger charge is 2.79. The molecule has 5 aliphatic heterocycles. The van der Waals surface area contributed by atoms with Crippen LogP contribution in [0.5, 0.6) is 5.75 Å². The summed E-state index contributed by atoms with van der Waals surface area (Å²) in [5, 5.41) is 44.5. The third-order valence-corrected chi connectivity index (χ3v) is 20.9. The second-order valence-electron chi connectivity index (χ2n) is 22.1. The Morgan fingerprint density at radius 2 is 1.65 bits per heavy atom. The molecule has 1 spiro atoms. The first-order chi connectivity index (χ1) is 35.6. The van der Waals surface area contributed by atoms with Crippen molar-refractivity contribution in [3.63, 3.8) is 0 Å². The van der Waals surface area contributed by atoms with Gasteiger partial charge in [0.25, 0.3) is 5.91 Å². The number of aromatic amines is 2. The van der Waals surface area contributed by atoms with Crippen LogP contribution in [0.1, 0.15) is 87.7 Å². The molecule has 0 radical (unpaired) electrons. The van der Waals surface area contributed by atoms with Gasteiger partial charge >= 0.3 is 13.6 Å². The third kappa shape index (κ3) is 7.22. The predicted octanol–water partition coefficient (Wildman–Crippen LogP) is 6.68. The fourth-order valence-corrected chi connectivity index (χ4v) is 17.5. The fraction of sp³-hybridized carbons (Fsp3) is 0.544. The Morgan fingerprint density at radius 1 is 0.919 bits per heavy atom. The van der Waals surface area contributed by atoms with E-state index in [1.54, 1.807) is 21.0 Å². The quantitative estimate of drug-likeness (QED) is 0.0391.